The van der Waals surface area contributed by atoms with Crippen molar-refractivity contribution < 1.29 is 30.8 Å². The van der Waals surface area contributed by atoms with Gasteiger partial charge in [-0.3, -0.25) is 4.79 Å². The van der Waals surface area contributed by atoms with Gasteiger partial charge in [0.15, 0.2) is 15.4 Å². The van der Waals surface area contributed by atoms with Gasteiger partial charge in [-0.1, -0.05) is 6.07 Å². The minimum atomic E-state index is -4.62. The molecular weight excluding hydrogens is 563 g/mol. The highest BCUT2D eigenvalue weighted by molar-refractivity contribution is 7.98. The first kappa shape index (κ1) is 30.4. The molecule has 1 aromatic heterocycles. The summed E-state index contributed by atoms with van der Waals surface area (Å²) in [4.78, 5) is 20.5. The highest BCUT2D eigenvalue weighted by atomic mass is 32.2. The first-order valence-electron chi connectivity index (χ1n) is 13.1. The maximum absolute atomic E-state index is 13.4. The lowest BCUT2D eigenvalue weighted by atomic mass is 9.81. The van der Waals surface area contributed by atoms with Crippen LogP contribution < -0.4 is 5.32 Å². The molecule has 7 nitrogen and oxygen atoms in total. The number of hydrogen-bond acceptors (Lipinski definition) is 7. The molecule has 0 spiro atoms. The van der Waals surface area contributed by atoms with E-state index < -0.39 is 39.1 Å². The van der Waals surface area contributed by atoms with Gasteiger partial charge in [0, 0.05) is 23.0 Å². The van der Waals surface area contributed by atoms with Crippen molar-refractivity contribution in [3.05, 3.63) is 53.9 Å². The average Bonchev–Trinajstić information content (AvgIpc) is 3.30. The van der Waals surface area contributed by atoms with Crippen molar-refractivity contribution in [1.82, 2.24) is 15.2 Å². The van der Waals surface area contributed by atoms with E-state index in [0.29, 0.717) is 12.8 Å². The van der Waals surface area contributed by atoms with Crippen LogP contribution in [0.3, 0.4) is 0 Å². The van der Waals surface area contributed by atoms with Crippen LogP contribution in [0, 0.1) is 5.92 Å². The summed E-state index contributed by atoms with van der Waals surface area (Å²) in [5.74, 6) is -1.09. The Labute approximate surface area is 236 Å². The molecule has 40 heavy (non-hydrogen) atoms. The standard InChI is InChI=1S/C28H34F3N3O4S2/c1-17(2)34(3)19-8-13-23(18(14-19)16-40(36,37)21-11-9-20(39-4)10-12-21)32-25(35)15-26-33-24-7-5-6-22(27(24)38-26)28(29,30)31/h5-7,9-12,17-19,23H,8,13-16H2,1-4H3,(H,32,35). The van der Waals surface area contributed by atoms with Crippen LogP contribution in [0.1, 0.15) is 44.6 Å². The van der Waals surface area contributed by atoms with Gasteiger partial charge < -0.3 is 14.6 Å². The van der Waals surface area contributed by atoms with E-state index >= 15 is 0 Å². The molecule has 1 aliphatic rings. The summed E-state index contributed by atoms with van der Waals surface area (Å²) in [5.41, 5.74) is -1.34. The Morgan fingerprint density at radius 2 is 1.88 bits per heavy atom. The van der Waals surface area contributed by atoms with E-state index in [4.69, 9.17) is 4.42 Å². The van der Waals surface area contributed by atoms with Crippen molar-refractivity contribution in [3.63, 3.8) is 0 Å². The number of para-hydroxylation sites is 1. The van der Waals surface area contributed by atoms with Gasteiger partial charge in [0.05, 0.1) is 10.6 Å². The molecule has 1 aliphatic carbocycles. The zero-order valence-corrected chi connectivity index (χ0v) is 24.5. The molecule has 3 aromatic rings. The Morgan fingerprint density at radius 1 is 1.18 bits per heavy atom. The third-order valence-electron chi connectivity index (χ3n) is 7.62. The lowest BCUT2D eigenvalue weighted by Gasteiger charge is -2.41. The van der Waals surface area contributed by atoms with Gasteiger partial charge in [-0.2, -0.15) is 13.2 Å². The SMILES string of the molecule is CSc1ccc(S(=O)(=O)CC2CC(N(C)C(C)C)CCC2NC(=O)Cc2nc3cccc(C(F)(F)F)c3o2)cc1. The first-order valence-corrected chi connectivity index (χ1v) is 16.0. The van der Waals surface area contributed by atoms with Crippen LogP contribution in [0.5, 0.6) is 0 Å². The van der Waals surface area contributed by atoms with Crippen LogP contribution in [-0.2, 0) is 27.2 Å². The Bertz CT molecular complexity index is 1440. The first-order chi connectivity index (χ1) is 18.8. The third kappa shape index (κ3) is 7.01. The van der Waals surface area contributed by atoms with Crippen molar-refractivity contribution >= 4 is 38.6 Å². The number of carbonyl (C=O) groups is 1. The van der Waals surface area contributed by atoms with E-state index in [1.807, 2.05) is 13.3 Å². The molecule has 1 heterocycles. The van der Waals surface area contributed by atoms with E-state index in [1.165, 1.54) is 23.9 Å². The van der Waals surface area contributed by atoms with Crippen LogP contribution in [0.15, 0.2) is 56.7 Å². The number of fused-ring (bicyclic) bond motifs is 1. The molecule has 0 saturated heterocycles. The van der Waals surface area contributed by atoms with Crippen molar-refractivity contribution in [1.29, 1.82) is 0 Å². The second-order valence-corrected chi connectivity index (χ2v) is 13.5. The summed E-state index contributed by atoms with van der Waals surface area (Å²) < 4.78 is 72.2. The highest BCUT2D eigenvalue weighted by Gasteiger charge is 2.37. The topological polar surface area (TPSA) is 92.5 Å². The molecule has 3 unspecified atom stereocenters. The molecule has 0 aliphatic heterocycles. The number of benzene rings is 2. The van der Waals surface area contributed by atoms with E-state index in [1.54, 1.807) is 24.3 Å². The Balaban J connectivity index is 1.52. The molecule has 1 amide bonds. The fraction of sp³-hybridized carbons (Fsp3) is 0.500. The predicted octanol–water partition coefficient (Wildman–Crippen LogP) is 5.58. The van der Waals surface area contributed by atoms with Crippen molar-refractivity contribution in [3.8, 4) is 0 Å². The molecule has 1 N–H and O–H groups in total. The average molecular weight is 598 g/mol. The lowest BCUT2D eigenvalue weighted by Crippen LogP contribution is -2.51. The van der Waals surface area contributed by atoms with Gasteiger partial charge in [0.1, 0.15) is 17.5 Å². The summed E-state index contributed by atoms with van der Waals surface area (Å²) in [7, 11) is -1.62. The second-order valence-electron chi connectivity index (χ2n) is 10.6. The van der Waals surface area contributed by atoms with Crippen LogP contribution in [-0.4, -0.2) is 61.4 Å². The number of oxazole rings is 1. The smallest absolute Gasteiger partial charge is 0.420 e. The molecule has 3 atom stereocenters. The number of thioether (sulfide) groups is 1. The van der Waals surface area contributed by atoms with Gasteiger partial charge in [-0.15, -0.1) is 11.8 Å². The summed E-state index contributed by atoms with van der Waals surface area (Å²) >= 11 is 1.52. The Kier molecular flexibility index (Phi) is 9.21. The number of halogens is 3. The Hall–Kier alpha value is -2.57. The predicted molar refractivity (Wildman–Crippen MR) is 149 cm³/mol. The molecular formula is C28H34F3N3O4S2. The fourth-order valence-corrected chi connectivity index (χ4v) is 7.34. The molecule has 0 radical (unpaired) electrons. The number of amides is 1. The maximum Gasteiger partial charge on any atom is 0.420 e. The fourth-order valence-electron chi connectivity index (χ4n) is 5.26. The van der Waals surface area contributed by atoms with Gasteiger partial charge >= 0.3 is 6.18 Å². The van der Waals surface area contributed by atoms with Gasteiger partial charge in [-0.05, 0) is 88.7 Å². The van der Waals surface area contributed by atoms with Gasteiger partial charge in [0.2, 0.25) is 11.8 Å². The molecule has 218 valence electrons. The lowest BCUT2D eigenvalue weighted by molar-refractivity contribution is -0.136. The number of rotatable bonds is 9. The van der Waals surface area contributed by atoms with Crippen LogP contribution >= 0.6 is 11.8 Å². The van der Waals surface area contributed by atoms with E-state index in [2.05, 4.69) is 29.0 Å². The number of carbonyl (C=O) groups excluding carboxylic acids is 1. The zero-order chi connectivity index (χ0) is 29.2. The normalized spacial score (nSPS) is 20.4. The number of alkyl halides is 3. The van der Waals surface area contributed by atoms with Gasteiger partial charge in [-0.25, -0.2) is 13.4 Å². The van der Waals surface area contributed by atoms with Crippen LogP contribution in [0.4, 0.5) is 13.2 Å². The molecule has 12 heteroatoms. The minimum absolute atomic E-state index is 0.0197. The van der Waals surface area contributed by atoms with Crippen LogP contribution in [0.25, 0.3) is 11.1 Å². The number of hydrogen-bond donors (Lipinski definition) is 1. The number of aromatic nitrogens is 1. The summed E-state index contributed by atoms with van der Waals surface area (Å²) in [6.07, 6.45) is -1.12. The minimum Gasteiger partial charge on any atom is -0.439 e. The molecule has 1 saturated carbocycles. The quantitative estimate of drug-likeness (QED) is 0.322. The number of nitrogens with one attached hydrogen (secondary N) is 1. The molecule has 1 fully saturated rings. The largest absolute Gasteiger partial charge is 0.439 e. The maximum atomic E-state index is 13.4. The van der Waals surface area contributed by atoms with Crippen LogP contribution in [0.2, 0.25) is 0 Å². The Morgan fingerprint density at radius 3 is 2.50 bits per heavy atom. The van der Waals surface area contributed by atoms with Crippen molar-refractivity contribution in [2.24, 2.45) is 5.92 Å². The zero-order valence-electron chi connectivity index (χ0n) is 22.9. The van der Waals surface area contributed by atoms with E-state index in [0.717, 1.165) is 17.4 Å². The van der Waals surface area contributed by atoms with E-state index in [-0.39, 0.29) is 46.5 Å². The van der Waals surface area contributed by atoms with Crippen molar-refractivity contribution in [2.45, 2.75) is 73.6 Å². The molecule has 0 bridgehead atoms. The van der Waals surface area contributed by atoms with Gasteiger partial charge in [0.25, 0.3) is 0 Å². The number of nitrogens with zero attached hydrogens (tertiary/aromatic N) is 2. The summed E-state index contributed by atoms with van der Waals surface area (Å²) in [6.45, 7) is 4.16. The van der Waals surface area contributed by atoms with Crippen molar-refractivity contribution in [2.75, 3.05) is 19.1 Å². The third-order valence-corrected chi connectivity index (χ3v) is 10.2. The molecule has 4 rings (SSSR count). The highest BCUT2D eigenvalue weighted by Crippen LogP contribution is 2.35. The molecule has 2 aromatic carbocycles. The monoisotopic (exact) mass is 597 g/mol. The summed E-state index contributed by atoms with van der Waals surface area (Å²) in [6, 6.07) is 10.3. The number of sulfone groups is 1. The van der Waals surface area contributed by atoms with E-state index in [9.17, 15) is 26.4 Å². The summed E-state index contributed by atoms with van der Waals surface area (Å²) in [5, 5.41) is 2.94. The second kappa shape index (κ2) is 12.1.